The van der Waals surface area contributed by atoms with Crippen LogP contribution >= 0.6 is 0 Å². The smallest absolute Gasteiger partial charge is 0.333 e. The molecule has 4 aromatic heterocycles. The van der Waals surface area contributed by atoms with Crippen molar-refractivity contribution in [1.29, 1.82) is 0 Å². The quantitative estimate of drug-likeness (QED) is 0.435. The van der Waals surface area contributed by atoms with Gasteiger partial charge < -0.3 is 14.3 Å². The molecule has 6 rings (SSSR count). The highest BCUT2D eigenvalue weighted by Gasteiger charge is 2.37. The van der Waals surface area contributed by atoms with Gasteiger partial charge in [-0.1, -0.05) is 24.3 Å². The molecule has 1 aromatic carbocycles. The van der Waals surface area contributed by atoms with Crippen LogP contribution in [0.3, 0.4) is 0 Å². The molecule has 0 fully saturated rings. The number of nitrogens with zero attached hydrogens (tertiary/aromatic N) is 7. The number of aromatic amines is 1. The normalized spacial score (nSPS) is 15.7. The van der Waals surface area contributed by atoms with Crippen molar-refractivity contribution in [3.8, 4) is 11.6 Å². The zero-order valence-corrected chi connectivity index (χ0v) is 17.5. The van der Waals surface area contributed by atoms with Crippen molar-refractivity contribution >= 4 is 16.8 Å². The number of aromatic nitrogens is 7. The third-order valence-electron chi connectivity index (χ3n) is 5.72. The van der Waals surface area contributed by atoms with Crippen molar-refractivity contribution < 1.29 is 18.0 Å². The molecule has 0 saturated heterocycles. The number of H-pyrrole nitrogens is 1. The maximum absolute atomic E-state index is 13.5. The number of para-hydroxylation sites is 1. The first kappa shape index (κ1) is 20.1. The minimum Gasteiger partial charge on any atom is -0.411 e. The van der Waals surface area contributed by atoms with Gasteiger partial charge in [0.05, 0.1) is 23.2 Å². The summed E-state index contributed by atoms with van der Waals surface area (Å²) < 4.78 is 31.6. The minimum absolute atomic E-state index is 0.0489. The maximum atomic E-state index is 13.5. The van der Waals surface area contributed by atoms with Crippen molar-refractivity contribution in [1.82, 2.24) is 39.8 Å². The number of carbonyl (C=O) groups is 1. The Labute approximate surface area is 190 Å². The third kappa shape index (κ3) is 3.31. The van der Waals surface area contributed by atoms with Gasteiger partial charge in [0.2, 0.25) is 0 Å². The van der Waals surface area contributed by atoms with E-state index in [2.05, 4.69) is 25.3 Å². The van der Waals surface area contributed by atoms with Gasteiger partial charge in [-0.15, -0.1) is 10.2 Å². The minimum atomic E-state index is -2.80. The lowest BCUT2D eigenvalue weighted by atomic mass is 9.98. The Hall–Kier alpha value is -4.48. The Morgan fingerprint density at radius 3 is 2.88 bits per heavy atom. The lowest BCUT2D eigenvalue weighted by molar-refractivity contribution is 0.0566. The number of imidazole rings is 1. The predicted octanol–water partition coefficient (Wildman–Crippen LogP) is 3.39. The van der Waals surface area contributed by atoms with Crippen molar-refractivity contribution in [3.05, 3.63) is 78.0 Å². The number of alkyl halides is 2. The van der Waals surface area contributed by atoms with Crippen LogP contribution in [0.2, 0.25) is 0 Å². The lowest BCUT2D eigenvalue weighted by Crippen LogP contribution is -2.41. The molecule has 170 valence electrons. The van der Waals surface area contributed by atoms with E-state index in [1.165, 1.54) is 6.07 Å². The predicted molar refractivity (Wildman–Crippen MR) is 114 cm³/mol. The molecule has 5 heterocycles. The van der Waals surface area contributed by atoms with E-state index in [1.54, 1.807) is 11.2 Å². The number of amides is 1. The molecule has 1 aliphatic heterocycles. The van der Waals surface area contributed by atoms with E-state index >= 15 is 0 Å². The summed E-state index contributed by atoms with van der Waals surface area (Å²) in [6, 6.07) is 12.3. The van der Waals surface area contributed by atoms with Crippen molar-refractivity contribution in [2.45, 2.75) is 19.0 Å². The van der Waals surface area contributed by atoms with Gasteiger partial charge in [-0.25, -0.2) is 9.67 Å². The van der Waals surface area contributed by atoms with Gasteiger partial charge in [-0.05, 0) is 18.2 Å². The number of nitrogens with one attached hydrogen (secondary N) is 1. The fourth-order valence-corrected chi connectivity index (χ4v) is 4.13. The number of benzene rings is 1. The summed E-state index contributed by atoms with van der Waals surface area (Å²) in [5.74, 6) is -0.910. The molecule has 1 atom stereocenters. The largest absolute Gasteiger partial charge is 0.411 e. The topological polar surface area (TPSA) is 119 Å². The summed E-state index contributed by atoms with van der Waals surface area (Å²) >= 11 is 0. The molecule has 34 heavy (non-hydrogen) atoms. The third-order valence-corrected chi connectivity index (χ3v) is 5.72. The van der Waals surface area contributed by atoms with E-state index in [0.717, 1.165) is 22.8 Å². The number of halogens is 2. The molecule has 0 unspecified atom stereocenters. The molecular weight excluding hydrogens is 446 g/mol. The van der Waals surface area contributed by atoms with Crippen LogP contribution in [0.4, 0.5) is 8.78 Å². The second-order valence-corrected chi connectivity index (χ2v) is 7.72. The molecule has 12 heteroatoms. The highest BCUT2D eigenvalue weighted by atomic mass is 19.3. The van der Waals surface area contributed by atoms with Crippen molar-refractivity contribution in [2.24, 2.45) is 0 Å². The molecule has 0 saturated carbocycles. The van der Waals surface area contributed by atoms with Crippen LogP contribution in [0, 0.1) is 0 Å². The highest BCUT2D eigenvalue weighted by molar-refractivity contribution is 5.90. The molecular formula is C22H16F2N8O2. The fourth-order valence-electron chi connectivity index (χ4n) is 4.13. The number of carbonyl (C=O) groups excluding carboxylic acids is 1. The molecule has 1 aliphatic rings. The molecule has 0 radical (unpaired) electrons. The van der Waals surface area contributed by atoms with E-state index in [9.17, 15) is 13.6 Å². The van der Waals surface area contributed by atoms with Gasteiger partial charge >= 0.3 is 18.3 Å². The van der Waals surface area contributed by atoms with Gasteiger partial charge in [-0.2, -0.15) is 13.9 Å². The summed E-state index contributed by atoms with van der Waals surface area (Å²) in [5.41, 5.74) is 3.11. The molecule has 0 spiro atoms. The molecule has 0 bridgehead atoms. The van der Waals surface area contributed by atoms with Crippen LogP contribution in [0.15, 0.2) is 59.4 Å². The van der Waals surface area contributed by atoms with Gasteiger partial charge in [0, 0.05) is 30.2 Å². The van der Waals surface area contributed by atoms with Crippen LogP contribution in [-0.2, 0) is 6.42 Å². The SMILES string of the molecule is O=C(c1nnc(-c2ccn(C(F)F)n2)o1)N1CCc2[nH]cnc2[C@@H]1c1ccc2ccccc2n1. The summed E-state index contributed by atoms with van der Waals surface area (Å²) in [6.45, 7) is -2.44. The standard InChI is InChI=1S/C22H16F2N8O2/c23-22(24)32-10-8-16(30-32)19-28-29-20(34-19)21(33)31-9-7-14-17(26-11-25-14)18(31)15-6-5-12-3-1-2-4-13(12)27-15/h1-6,8,10-11,18,22H,7,9H2,(H,25,26)/t18-/m0/s1. The first-order chi connectivity index (χ1) is 16.6. The summed E-state index contributed by atoms with van der Waals surface area (Å²) in [5, 5.41) is 12.4. The average Bonchev–Trinajstić information content (AvgIpc) is 3.62. The van der Waals surface area contributed by atoms with Crippen LogP contribution in [-0.4, -0.2) is 52.3 Å². The molecule has 5 aromatic rings. The summed E-state index contributed by atoms with van der Waals surface area (Å²) in [7, 11) is 0. The van der Waals surface area contributed by atoms with Crippen molar-refractivity contribution in [2.75, 3.05) is 6.54 Å². The van der Waals surface area contributed by atoms with Gasteiger partial charge in [0.1, 0.15) is 11.7 Å². The second-order valence-electron chi connectivity index (χ2n) is 7.72. The number of fused-ring (bicyclic) bond motifs is 2. The Kier molecular flexibility index (Phi) is 4.64. The first-order valence-corrected chi connectivity index (χ1v) is 10.4. The van der Waals surface area contributed by atoms with E-state index in [-0.39, 0.29) is 17.5 Å². The highest BCUT2D eigenvalue weighted by Crippen LogP contribution is 2.34. The fraction of sp³-hybridized carbons (Fsp3) is 0.182. The molecule has 1 N–H and O–H groups in total. The Morgan fingerprint density at radius 1 is 1.15 bits per heavy atom. The number of hydrogen-bond donors (Lipinski definition) is 1. The average molecular weight is 462 g/mol. The van der Waals surface area contributed by atoms with E-state index in [4.69, 9.17) is 9.40 Å². The van der Waals surface area contributed by atoms with Crippen LogP contribution in [0.1, 0.15) is 40.4 Å². The molecule has 0 aliphatic carbocycles. The van der Waals surface area contributed by atoms with Crippen LogP contribution in [0.5, 0.6) is 0 Å². The van der Waals surface area contributed by atoms with Crippen LogP contribution in [0.25, 0.3) is 22.5 Å². The zero-order valence-electron chi connectivity index (χ0n) is 17.5. The first-order valence-electron chi connectivity index (χ1n) is 10.4. The summed E-state index contributed by atoms with van der Waals surface area (Å²) in [6.07, 6.45) is 3.25. The van der Waals surface area contributed by atoms with E-state index < -0.39 is 18.5 Å². The number of pyridine rings is 1. The summed E-state index contributed by atoms with van der Waals surface area (Å²) in [4.78, 5) is 27.4. The lowest BCUT2D eigenvalue weighted by Gasteiger charge is -2.33. The Bertz CT molecular complexity index is 1510. The van der Waals surface area contributed by atoms with Crippen molar-refractivity contribution in [3.63, 3.8) is 0 Å². The monoisotopic (exact) mass is 462 g/mol. The molecule has 1 amide bonds. The van der Waals surface area contributed by atoms with E-state index in [0.29, 0.717) is 29.0 Å². The molecule has 10 nitrogen and oxygen atoms in total. The maximum Gasteiger partial charge on any atom is 0.333 e. The number of rotatable bonds is 4. The second kappa shape index (κ2) is 7.83. The van der Waals surface area contributed by atoms with Gasteiger partial charge in [0.25, 0.3) is 5.89 Å². The van der Waals surface area contributed by atoms with Gasteiger partial charge in [0.15, 0.2) is 0 Å². The van der Waals surface area contributed by atoms with Crippen LogP contribution < -0.4 is 0 Å². The zero-order chi connectivity index (χ0) is 23.2. The Balaban J connectivity index is 1.37. The van der Waals surface area contributed by atoms with E-state index in [1.807, 2.05) is 36.4 Å². The Morgan fingerprint density at radius 2 is 2.03 bits per heavy atom. The van der Waals surface area contributed by atoms with Gasteiger partial charge in [-0.3, -0.25) is 9.78 Å². The number of hydrogen-bond acceptors (Lipinski definition) is 7.